The molecule has 90 valence electrons. The number of thiophene rings is 1. The molecule has 0 fully saturated rings. The summed E-state index contributed by atoms with van der Waals surface area (Å²) < 4.78 is 1.24. The summed E-state index contributed by atoms with van der Waals surface area (Å²) in [7, 11) is -1.61. The molecule has 3 nitrogen and oxygen atoms in total. The highest BCUT2D eigenvalue weighted by Gasteiger charge is 2.38. The first-order valence-electron chi connectivity index (χ1n) is 5.27. The number of hydrogen-bond acceptors (Lipinski definition) is 3. The van der Waals surface area contributed by atoms with Gasteiger partial charge in [0.15, 0.2) is 0 Å². The van der Waals surface area contributed by atoms with E-state index in [1.54, 1.807) is 0 Å². The molecule has 1 aromatic rings. The zero-order valence-electron chi connectivity index (χ0n) is 10.5. The molecule has 16 heavy (non-hydrogen) atoms. The molecule has 0 saturated heterocycles. The average Bonchev–Trinajstić information content (AvgIpc) is 2.45. The SMILES string of the molecule is CC(C)(C)[Si](C)(C)c1cc(C(N)=O)c(N)s1. The molecular weight excluding hydrogens is 236 g/mol. The fraction of sp³-hybridized carbons (Fsp3) is 0.545. The first-order chi connectivity index (χ1) is 7.07. The summed E-state index contributed by atoms with van der Waals surface area (Å²) in [5.74, 6) is -0.432. The van der Waals surface area contributed by atoms with Crippen LogP contribution in [0.3, 0.4) is 0 Å². The maximum Gasteiger partial charge on any atom is 0.251 e. The molecule has 0 aromatic carbocycles. The van der Waals surface area contributed by atoms with Gasteiger partial charge in [-0.15, -0.1) is 11.3 Å². The van der Waals surface area contributed by atoms with Crippen molar-refractivity contribution in [3.63, 3.8) is 0 Å². The minimum Gasteiger partial charge on any atom is -0.390 e. The molecule has 4 N–H and O–H groups in total. The van der Waals surface area contributed by atoms with Gasteiger partial charge in [0, 0.05) is 0 Å². The average molecular weight is 256 g/mol. The third-order valence-electron chi connectivity index (χ3n) is 3.52. The van der Waals surface area contributed by atoms with Crippen molar-refractivity contribution in [3.8, 4) is 0 Å². The van der Waals surface area contributed by atoms with Crippen molar-refractivity contribution in [2.24, 2.45) is 5.73 Å². The fourth-order valence-corrected chi connectivity index (χ4v) is 5.47. The van der Waals surface area contributed by atoms with E-state index in [4.69, 9.17) is 11.5 Å². The van der Waals surface area contributed by atoms with E-state index in [1.807, 2.05) is 6.07 Å². The van der Waals surface area contributed by atoms with Crippen molar-refractivity contribution in [1.82, 2.24) is 0 Å². The van der Waals surface area contributed by atoms with Crippen LogP contribution in [-0.4, -0.2) is 14.0 Å². The number of anilines is 1. The lowest BCUT2D eigenvalue weighted by atomic mass is 10.2. The summed E-state index contributed by atoms with van der Waals surface area (Å²) >= 11 is 1.52. The summed E-state index contributed by atoms with van der Waals surface area (Å²) in [6, 6.07) is 1.89. The van der Waals surface area contributed by atoms with Gasteiger partial charge in [0.1, 0.15) is 0 Å². The minimum atomic E-state index is -1.61. The van der Waals surface area contributed by atoms with E-state index in [0.29, 0.717) is 10.6 Å². The zero-order valence-corrected chi connectivity index (χ0v) is 12.4. The standard InChI is InChI=1S/C11H20N2OSSi/c1-11(2,3)16(4,5)8-6-7(9(12)14)10(13)15-8/h6H,13H2,1-5H3,(H2,12,14). The molecule has 1 heterocycles. The molecule has 0 aliphatic heterocycles. The van der Waals surface area contributed by atoms with E-state index in [9.17, 15) is 4.79 Å². The Kier molecular flexibility index (Phi) is 3.22. The van der Waals surface area contributed by atoms with Gasteiger partial charge in [0.05, 0.1) is 18.6 Å². The molecule has 0 unspecified atom stereocenters. The molecule has 1 amide bonds. The Labute approximate surface area is 102 Å². The Morgan fingerprint density at radius 2 is 1.88 bits per heavy atom. The Morgan fingerprint density at radius 1 is 1.38 bits per heavy atom. The molecular formula is C11H20N2OSSi. The van der Waals surface area contributed by atoms with Gasteiger partial charge in [0.2, 0.25) is 0 Å². The third-order valence-corrected chi connectivity index (χ3v) is 11.3. The third kappa shape index (κ3) is 2.15. The first-order valence-corrected chi connectivity index (χ1v) is 9.08. The molecule has 0 atom stereocenters. The van der Waals surface area contributed by atoms with Crippen LogP contribution in [0.1, 0.15) is 31.1 Å². The number of carbonyl (C=O) groups is 1. The van der Waals surface area contributed by atoms with Crippen LogP contribution in [0.15, 0.2) is 6.07 Å². The largest absolute Gasteiger partial charge is 0.390 e. The van der Waals surface area contributed by atoms with Gasteiger partial charge in [-0.25, -0.2) is 0 Å². The summed E-state index contributed by atoms with van der Waals surface area (Å²) in [4.78, 5) is 11.2. The lowest BCUT2D eigenvalue weighted by Gasteiger charge is -2.35. The summed E-state index contributed by atoms with van der Waals surface area (Å²) in [6.07, 6.45) is 0. The monoisotopic (exact) mass is 256 g/mol. The van der Waals surface area contributed by atoms with Gasteiger partial charge < -0.3 is 11.5 Å². The van der Waals surface area contributed by atoms with Crippen LogP contribution in [0, 0.1) is 0 Å². The van der Waals surface area contributed by atoms with E-state index < -0.39 is 14.0 Å². The Balaban J connectivity index is 3.26. The van der Waals surface area contributed by atoms with Crippen LogP contribution in [0.5, 0.6) is 0 Å². The van der Waals surface area contributed by atoms with Crippen molar-refractivity contribution in [2.75, 3.05) is 5.73 Å². The molecule has 0 saturated carbocycles. The minimum absolute atomic E-state index is 0.235. The van der Waals surface area contributed by atoms with Gasteiger partial charge in [-0.2, -0.15) is 0 Å². The van der Waals surface area contributed by atoms with E-state index in [1.165, 1.54) is 15.8 Å². The maximum absolute atomic E-state index is 11.2. The number of rotatable bonds is 2. The number of hydrogen-bond donors (Lipinski definition) is 2. The van der Waals surface area contributed by atoms with Crippen LogP contribution < -0.4 is 16.0 Å². The summed E-state index contributed by atoms with van der Waals surface area (Å²) in [6.45, 7) is 11.3. The smallest absolute Gasteiger partial charge is 0.251 e. The van der Waals surface area contributed by atoms with E-state index in [-0.39, 0.29) is 5.04 Å². The second-order valence-corrected chi connectivity index (χ2v) is 12.4. The normalized spacial score (nSPS) is 12.8. The molecule has 0 aliphatic rings. The van der Waals surface area contributed by atoms with Crippen LogP contribution >= 0.6 is 11.3 Å². The topological polar surface area (TPSA) is 69.1 Å². The highest BCUT2D eigenvalue weighted by atomic mass is 32.1. The van der Waals surface area contributed by atoms with Crippen LogP contribution in [0.25, 0.3) is 0 Å². The fourth-order valence-electron chi connectivity index (χ4n) is 1.28. The van der Waals surface area contributed by atoms with Crippen LogP contribution in [0.2, 0.25) is 18.1 Å². The summed E-state index contributed by atoms with van der Waals surface area (Å²) in [5.41, 5.74) is 11.6. The number of nitrogens with two attached hydrogens (primary N) is 2. The van der Waals surface area contributed by atoms with E-state index in [2.05, 4.69) is 33.9 Å². The molecule has 1 rings (SSSR count). The lowest BCUT2D eigenvalue weighted by Crippen LogP contribution is -2.47. The van der Waals surface area contributed by atoms with E-state index >= 15 is 0 Å². The Hall–Kier alpha value is -0.813. The number of nitrogen functional groups attached to an aromatic ring is 1. The second kappa shape index (κ2) is 3.89. The van der Waals surface area contributed by atoms with Gasteiger partial charge >= 0.3 is 0 Å². The van der Waals surface area contributed by atoms with Crippen molar-refractivity contribution in [1.29, 1.82) is 0 Å². The van der Waals surface area contributed by atoms with Gasteiger partial charge in [-0.1, -0.05) is 33.9 Å². The van der Waals surface area contributed by atoms with Crippen molar-refractivity contribution in [3.05, 3.63) is 11.6 Å². The molecule has 5 heteroatoms. The maximum atomic E-state index is 11.2. The van der Waals surface area contributed by atoms with Gasteiger partial charge in [-0.05, 0) is 15.6 Å². The first kappa shape index (κ1) is 13.3. The molecule has 0 radical (unpaired) electrons. The molecule has 1 aromatic heterocycles. The van der Waals surface area contributed by atoms with Crippen LogP contribution in [-0.2, 0) is 0 Å². The number of amides is 1. The predicted octanol–water partition coefficient (Wildman–Crippen LogP) is 2.14. The molecule has 0 spiro atoms. The van der Waals surface area contributed by atoms with Gasteiger partial charge in [-0.3, -0.25) is 4.79 Å². The van der Waals surface area contributed by atoms with Crippen LogP contribution in [0.4, 0.5) is 5.00 Å². The highest BCUT2D eigenvalue weighted by molar-refractivity contribution is 7.30. The zero-order chi connectivity index (χ0) is 12.7. The molecule has 0 bridgehead atoms. The molecule has 0 aliphatic carbocycles. The quantitative estimate of drug-likeness (QED) is 0.796. The second-order valence-electron chi connectivity index (χ2n) is 5.63. The van der Waals surface area contributed by atoms with E-state index in [0.717, 1.165) is 0 Å². The highest BCUT2D eigenvalue weighted by Crippen LogP contribution is 2.37. The number of primary amides is 1. The summed E-state index contributed by atoms with van der Waals surface area (Å²) in [5, 5.41) is 0.784. The van der Waals surface area contributed by atoms with Crippen molar-refractivity contribution < 1.29 is 4.79 Å². The lowest BCUT2D eigenvalue weighted by molar-refractivity contribution is 0.100. The van der Waals surface area contributed by atoms with Crippen molar-refractivity contribution >= 4 is 34.8 Å². The Morgan fingerprint density at radius 3 is 2.19 bits per heavy atom. The van der Waals surface area contributed by atoms with Gasteiger partial charge in [0.25, 0.3) is 5.91 Å². The Bertz CT molecular complexity index is 418. The van der Waals surface area contributed by atoms with Crippen molar-refractivity contribution in [2.45, 2.75) is 38.9 Å². The predicted molar refractivity (Wildman–Crippen MR) is 74.1 cm³/mol. The number of carbonyl (C=O) groups excluding carboxylic acids is 1.